The molecule has 2 heterocycles. The van der Waals surface area contributed by atoms with Crippen LogP contribution in [-0.4, -0.2) is 30.2 Å². The molecule has 0 saturated carbocycles. The summed E-state index contributed by atoms with van der Waals surface area (Å²) in [5.74, 6) is 3.30. The van der Waals surface area contributed by atoms with Crippen LogP contribution in [0.2, 0.25) is 0 Å². The van der Waals surface area contributed by atoms with Crippen LogP contribution in [0.15, 0.2) is 30.3 Å². The summed E-state index contributed by atoms with van der Waals surface area (Å²) in [5.41, 5.74) is 2.08. The smallest absolute Gasteiger partial charge is 0.225 e. The Morgan fingerprint density at radius 2 is 2.12 bits per heavy atom. The molecular formula is C19H26N4O. The average Bonchev–Trinajstić information content (AvgIpc) is 2.60. The molecule has 0 bridgehead atoms. The van der Waals surface area contributed by atoms with Gasteiger partial charge in [-0.1, -0.05) is 25.1 Å². The van der Waals surface area contributed by atoms with E-state index in [1.165, 1.54) is 12.8 Å². The van der Waals surface area contributed by atoms with E-state index in [1.807, 2.05) is 25.1 Å². The van der Waals surface area contributed by atoms with Crippen LogP contribution in [0.5, 0.6) is 5.75 Å². The lowest BCUT2D eigenvalue weighted by Gasteiger charge is -2.32. The minimum Gasteiger partial charge on any atom is -0.496 e. The number of rotatable bonds is 5. The van der Waals surface area contributed by atoms with E-state index in [1.54, 1.807) is 7.11 Å². The highest BCUT2D eigenvalue weighted by molar-refractivity contribution is 5.46. The SMILES string of the molecule is COc1ccccc1CNc1nc(C)cc(N2CCCC(C)C2)n1. The molecule has 1 saturated heterocycles. The van der Waals surface area contributed by atoms with Gasteiger partial charge in [0.25, 0.3) is 0 Å². The van der Waals surface area contributed by atoms with Crippen LogP contribution < -0.4 is 15.0 Å². The van der Waals surface area contributed by atoms with E-state index >= 15 is 0 Å². The van der Waals surface area contributed by atoms with E-state index in [2.05, 4.69) is 34.3 Å². The Morgan fingerprint density at radius 1 is 1.29 bits per heavy atom. The van der Waals surface area contributed by atoms with E-state index in [4.69, 9.17) is 9.72 Å². The number of nitrogens with zero attached hydrogens (tertiary/aromatic N) is 3. The van der Waals surface area contributed by atoms with Gasteiger partial charge in [-0.25, -0.2) is 4.98 Å². The minimum atomic E-state index is 0.642. The van der Waals surface area contributed by atoms with Crippen LogP contribution in [0.3, 0.4) is 0 Å². The predicted molar refractivity (Wildman–Crippen MR) is 97.7 cm³/mol. The van der Waals surface area contributed by atoms with Crippen molar-refractivity contribution in [3.05, 3.63) is 41.6 Å². The topological polar surface area (TPSA) is 50.3 Å². The Morgan fingerprint density at radius 3 is 2.92 bits per heavy atom. The number of anilines is 2. The quantitative estimate of drug-likeness (QED) is 0.909. The van der Waals surface area contributed by atoms with Crippen molar-refractivity contribution in [1.29, 1.82) is 0 Å². The molecule has 128 valence electrons. The first-order chi connectivity index (χ1) is 11.7. The number of hydrogen-bond acceptors (Lipinski definition) is 5. The van der Waals surface area contributed by atoms with Gasteiger partial charge >= 0.3 is 0 Å². The summed E-state index contributed by atoms with van der Waals surface area (Å²) in [6.45, 7) is 7.12. The van der Waals surface area contributed by atoms with Gasteiger partial charge in [-0.05, 0) is 31.7 Å². The fourth-order valence-corrected chi connectivity index (χ4v) is 3.21. The normalized spacial score (nSPS) is 17.6. The van der Waals surface area contributed by atoms with Crippen LogP contribution in [-0.2, 0) is 6.54 Å². The van der Waals surface area contributed by atoms with Crippen molar-refractivity contribution in [3.8, 4) is 5.75 Å². The first-order valence-electron chi connectivity index (χ1n) is 8.62. The molecule has 5 nitrogen and oxygen atoms in total. The van der Waals surface area contributed by atoms with Gasteiger partial charge < -0.3 is 15.0 Å². The van der Waals surface area contributed by atoms with Crippen molar-refractivity contribution in [3.63, 3.8) is 0 Å². The molecule has 1 N–H and O–H groups in total. The average molecular weight is 326 g/mol. The van der Waals surface area contributed by atoms with Crippen LogP contribution in [0, 0.1) is 12.8 Å². The highest BCUT2D eigenvalue weighted by Crippen LogP contribution is 2.23. The molecule has 1 aromatic heterocycles. The van der Waals surface area contributed by atoms with Gasteiger partial charge in [0.1, 0.15) is 11.6 Å². The molecule has 0 radical (unpaired) electrons. The van der Waals surface area contributed by atoms with Crippen molar-refractivity contribution < 1.29 is 4.74 Å². The lowest BCUT2D eigenvalue weighted by molar-refractivity contribution is 0.410. The first-order valence-corrected chi connectivity index (χ1v) is 8.62. The van der Waals surface area contributed by atoms with Crippen molar-refractivity contribution in [2.24, 2.45) is 5.92 Å². The highest BCUT2D eigenvalue weighted by atomic mass is 16.5. The van der Waals surface area contributed by atoms with Gasteiger partial charge in [-0.15, -0.1) is 0 Å². The van der Waals surface area contributed by atoms with E-state index in [0.29, 0.717) is 12.5 Å². The Bertz CT molecular complexity index is 689. The van der Waals surface area contributed by atoms with Gasteiger partial charge in [0.15, 0.2) is 0 Å². The number of nitrogens with one attached hydrogen (secondary N) is 1. The van der Waals surface area contributed by atoms with Crippen LogP contribution in [0.1, 0.15) is 31.0 Å². The Hall–Kier alpha value is -2.30. The summed E-state index contributed by atoms with van der Waals surface area (Å²) in [7, 11) is 1.69. The molecule has 2 aromatic rings. The summed E-state index contributed by atoms with van der Waals surface area (Å²) in [5, 5.41) is 3.34. The lowest BCUT2D eigenvalue weighted by atomic mass is 10.0. The fourth-order valence-electron chi connectivity index (χ4n) is 3.21. The zero-order chi connectivity index (χ0) is 16.9. The number of benzene rings is 1. The van der Waals surface area contributed by atoms with Crippen LogP contribution >= 0.6 is 0 Å². The van der Waals surface area contributed by atoms with Crippen LogP contribution in [0.4, 0.5) is 11.8 Å². The second-order valence-corrected chi connectivity index (χ2v) is 6.55. The number of ether oxygens (including phenoxy) is 1. The van der Waals surface area contributed by atoms with Crippen molar-refractivity contribution >= 4 is 11.8 Å². The molecular weight excluding hydrogens is 300 g/mol. The molecule has 3 rings (SSSR count). The standard InChI is InChI=1S/C19H26N4O/c1-14-7-6-10-23(13-14)18-11-15(2)21-19(22-18)20-12-16-8-4-5-9-17(16)24-3/h4-5,8-9,11,14H,6-7,10,12-13H2,1-3H3,(H,20,21,22). The van der Waals surface area contributed by atoms with Crippen molar-refractivity contribution in [2.45, 2.75) is 33.2 Å². The second kappa shape index (κ2) is 7.51. The molecule has 0 amide bonds. The number of aryl methyl sites for hydroxylation is 1. The monoisotopic (exact) mass is 326 g/mol. The molecule has 1 fully saturated rings. The van der Waals surface area contributed by atoms with E-state index in [9.17, 15) is 0 Å². The molecule has 1 atom stereocenters. The summed E-state index contributed by atoms with van der Waals surface area (Å²) >= 11 is 0. The van der Waals surface area contributed by atoms with Gasteiger partial charge in [-0.2, -0.15) is 4.98 Å². The fraction of sp³-hybridized carbons (Fsp3) is 0.474. The molecule has 5 heteroatoms. The molecule has 1 aliphatic rings. The summed E-state index contributed by atoms with van der Waals surface area (Å²) in [6.07, 6.45) is 2.54. The maximum absolute atomic E-state index is 5.40. The zero-order valence-electron chi connectivity index (χ0n) is 14.7. The number of aromatic nitrogens is 2. The number of para-hydroxylation sites is 1. The number of hydrogen-bond donors (Lipinski definition) is 1. The maximum Gasteiger partial charge on any atom is 0.225 e. The first kappa shape index (κ1) is 16.6. The van der Waals surface area contributed by atoms with E-state index < -0.39 is 0 Å². The Balaban J connectivity index is 1.74. The number of piperidine rings is 1. The zero-order valence-corrected chi connectivity index (χ0v) is 14.7. The Labute approximate surface area is 144 Å². The minimum absolute atomic E-state index is 0.642. The predicted octanol–water partition coefficient (Wildman–Crippen LogP) is 3.64. The summed E-state index contributed by atoms with van der Waals surface area (Å²) in [4.78, 5) is 11.6. The van der Waals surface area contributed by atoms with Gasteiger partial charge in [0.2, 0.25) is 5.95 Å². The third-order valence-corrected chi connectivity index (χ3v) is 4.45. The van der Waals surface area contributed by atoms with Crippen LogP contribution in [0.25, 0.3) is 0 Å². The summed E-state index contributed by atoms with van der Waals surface area (Å²) < 4.78 is 5.40. The largest absolute Gasteiger partial charge is 0.496 e. The number of methoxy groups -OCH3 is 1. The van der Waals surface area contributed by atoms with Gasteiger partial charge in [0, 0.05) is 37.0 Å². The summed E-state index contributed by atoms with van der Waals surface area (Å²) in [6, 6.07) is 10.1. The molecule has 1 aliphatic heterocycles. The molecule has 24 heavy (non-hydrogen) atoms. The van der Waals surface area contributed by atoms with Crippen molar-refractivity contribution in [1.82, 2.24) is 9.97 Å². The van der Waals surface area contributed by atoms with E-state index in [-0.39, 0.29) is 0 Å². The van der Waals surface area contributed by atoms with E-state index in [0.717, 1.165) is 41.8 Å². The van der Waals surface area contributed by atoms with Gasteiger partial charge in [-0.3, -0.25) is 0 Å². The van der Waals surface area contributed by atoms with Crippen molar-refractivity contribution in [2.75, 3.05) is 30.4 Å². The molecule has 1 unspecified atom stereocenters. The Kier molecular flexibility index (Phi) is 5.18. The highest BCUT2D eigenvalue weighted by Gasteiger charge is 2.18. The second-order valence-electron chi connectivity index (χ2n) is 6.55. The molecule has 0 spiro atoms. The molecule has 0 aliphatic carbocycles. The van der Waals surface area contributed by atoms with Gasteiger partial charge in [0.05, 0.1) is 7.11 Å². The third-order valence-electron chi connectivity index (χ3n) is 4.45. The molecule has 1 aromatic carbocycles. The maximum atomic E-state index is 5.40. The third kappa shape index (κ3) is 3.96. The lowest BCUT2D eigenvalue weighted by Crippen LogP contribution is -2.35.